The Hall–Kier alpha value is -1.72. The van der Waals surface area contributed by atoms with Crippen molar-refractivity contribution in [3.8, 4) is 0 Å². The molecule has 0 spiro atoms. The average Bonchev–Trinajstić information content (AvgIpc) is 3.11. The molecule has 1 atom stereocenters. The fourth-order valence-electron chi connectivity index (χ4n) is 2.76. The van der Waals surface area contributed by atoms with Crippen molar-refractivity contribution in [3.63, 3.8) is 0 Å². The largest absolute Gasteiger partial charge is 0.322 e. The van der Waals surface area contributed by atoms with Gasteiger partial charge < -0.3 is 5.32 Å². The van der Waals surface area contributed by atoms with Gasteiger partial charge in [-0.2, -0.15) is 0 Å². The van der Waals surface area contributed by atoms with Gasteiger partial charge in [0.05, 0.1) is 12.2 Å². The molecule has 1 aliphatic heterocycles. The van der Waals surface area contributed by atoms with Crippen LogP contribution in [0.3, 0.4) is 0 Å². The standard InChI is InChI=1S/C16H17FN2OS/c17-12-5-1-2-6-13(12)18-16(20)11-19-9-3-7-14(19)15-8-4-10-21-15/h1-2,4-6,8,10,14H,3,7,9,11H2,(H,18,20)/t14-/m1/s1. The first-order chi connectivity index (χ1) is 10.2. The summed E-state index contributed by atoms with van der Waals surface area (Å²) in [4.78, 5) is 15.6. The highest BCUT2D eigenvalue weighted by atomic mass is 32.1. The maximum Gasteiger partial charge on any atom is 0.238 e. The average molecular weight is 304 g/mol. The van der Waals surface area contributed by atoms with Gasteiger partial charge in [-0.05, 0) is 43.0 Å². The second kappa shape index (κ2) is 6.37. The summed E-state index contributed by atoms with van der Waals surface area (Å²) >= 11 is 1.72. The van der Waals surface area contributed by atoms with E-state index in [1.807, 2.05) is 6.07 Å². The van der Waals surface area contributed by atoms with Crippen LogP contribution in [-0.2, 0) is 4.79 Å². The maximum atomic E-state index is 13.5. The van der Waals surface area contributed by atoms with Crippen molar-refractivity contribution in [1.82, 2.24) is 4.90 Å². The number of amides is 1. The van der Waals surface area contributed by atoms with Gasteiger partial charge in [-0.1, -0.05) is 18.2 Å². The van der Waals surface area contributed by atoms with Gasteiger partial charge in [0, 0.05) is 10.9 Å². The number of nitrogens with one attached hydrogen (secondary N) is 1. The van der Waals surface area contributed by atoms with Crippen LogP contribution in [-0.4, -0.2) is 23.9 Å². The predicted octanol–water partition coefficient (Wildman–Crippen LogP) is 3.66. The van der Waals surface area contributed by atoms with Gasteiger partial charge in [0.15, 0.2) is 0 Å². The van der Waals surface area contributed by atoms with Crippen LogP contribution in [0, 0.1) is 5.82 Å². The summed E-state index contributed by atoms with van der Waals surface area (Å²) in [7, 11) is 0. The van der Waals surface area contributed by atoms with Gasteiger partial charge in [0.2, 0.25) is 5.91 Å². The van der Waals surface area contributed by atoms with Crippen LogP contribution in [0.15, 0.2) is 41.8 Å². The van der Waals surface area contributed by atoms with E-state index in [0.717, 1.165) is 19.4 Å². The number of carbonyl (C=O) groups is 1. The molecule has 3 nitrogen and oxygen atoms in total. The van der Waals surface area contributed by atoms with Gasteiger partial charge in [-0.15, -0.1) is 11.3 Å². The molecule has 1 N–H and O–H groups in total. The van der Waals surface area contributed by atoms with E-state index in [1.165, 1.54) is 10.9 Å². The monoisotopic (exact) mass is 304 g/mol. The number of hydrogen-bond donors (Lipinski definition) is 1. The number of nitrogens with zero attached hydrogens (tertiary/aromatic N) is 1. The van der Waals surface area contributed by atoms with Crippen molar-refractivity contribution in [1.29, 1.82) is 0 Å². The maximum absolute atomic E-state index is 13.5. The summed E-state index contributed by atoms with van der Waals surface area (Å²) in [5.74, 6) is -0.564. The molecule has 1 aliphatic rings. The van der Waals surface area contributed by atoms with E-state index in [1.54, 1.807) is 29.5 Å². The van der Waals surface area contributed by atoms with E-state index in [2.05, 4.69) is 21.7 Å². The Morgan fingerprint density at radius 1 is 1.33 bits per heavy atom. The molecule has 1 aromatic heterocycles. The molecular weight excluding hydrogens is 287 g/mol. The zero-order chi connectivity index (χ0) is 14.7. The third-order valence-corrected chi connectivity index (χ3v) is 4.70. The zero-order valence-corrected chi connectivity index (χ0v) is 12.4. The quantitative estimate of drug-likeness (QED) is 0.935. The third-order valence-electron chi connectivity index (χ3n) is 3.73. The molecule has 2 aromatic rings. The second-order valence-corrected chi connectivity index (χ2v) is 6.15. The number of thiophene rings is 1. The first kappa shape index (κ1) is 14.2. The fourth-order valence-corrected chi connectivity index (χ4v) is 3.65. The van der Waals surface area contributed by atoms with E-state index < -0.39 is 5.82 Å². The molecule has 110 valence electrons. The van der Waals surface area contributed by atoms with E-state index in [0.29, 0.717) is 12.6 Å². The van der Waals surface area contributed by atoms with Crippen molar-refractivity contribution in [2.24, 2.45) is 0 Å². The van der Waals surface area contributed by atoms with E-state index in [9.17, 15) is 9.18 Å². The summed E-state index contributed by atoms with van der Waals surface area (Å²) in [5, 5.41) is 4.71. The molecule has 1 aromatic carbocycles. The van der Waals surface area contributed by atoms with Gasteiger partial charge in [0.1, 0.15) is 5.82 Å². The Morgan fingerprint density at radius 2 is 2.19 bits per heavy atom. The molecule has 0 unspecified atom stereocenters. The molecule has 1 fully saturated rings. The van der Waals surface area contributed by atoms with Gasteiger partial charge >= 0.3 is 0 Å². The molecule has 5 heteroatoms. The van der Waals surface area contributed by atoms with E-state index in [4.69, 9.17) is 0 Å². The van der Waals surface area contributed by atoms with Crippen molar-refractivity contribution in [2.45, 2.75) is 18.9 Å². The Kier molecular flexibility index (Phi) is 4.31. The summed E-state index contributed by atoms with van der Waals surface area (Å²) in [5.41, 5.74) is 0.245. The van der Waals surface area contributed by atoms with Crippen LogP contribution in [0.5, 0.6) is 0 Å². The number of likely N-dealkylation sites (tertiary alicyclic amines) is 1. The highest BCUT2D eigenvalue weighted by Crippen LogP contribution is 2.34. The molecule has 2 heterocycles. The number of hydrogen-bond acceptors (Lipinski definition) is 3. The summed E-state index contributed by atoms with van der Waals surface area (Å²) in [6.07, 6.45) is 2.17. The normalized spacial score (nSPS) is 18.8. The lowest BCUT2D eigenvalue weighted by Gasteiger charge is -2.22. The number of rotatable bonds is 4. The molecular formula is C16H17FN2OS. The van der Waals surface area contributed by atoms with Crippen LogP contribution in [0.25, 0.3) is 0 Å². The zero-order valence-electron chi connectivity index (χ0n) is 11.6. The molecule has 0 aliphatic carbocycles. The fraction of sp³-hybridized carbons (Fsp3) is 0.312. The van der Waals surface area contributed by atoms with Gasteiger partial charge in [-0.3, -0.25) is 9.69 Å². The topological polar surface area (TPSA) is 32.3 Å². The first-order valence-corrected chi connectivity index (χ1v) is 7.94. The van der Waals surface area contributed by atoms with Crippen LogP contribution in [0.4, 0.5) is 10.1 Å². The molecule has 0 bridgehead atoms. The first-order valence-electron chi connectivity index (χ1n) is 7.06. The minimum absolute atomic E-state index is 0.163. The molecule has 1 amide bonds. The minimum atomic E-state index is -0.401. The van der Waals surface area contributed by atoms with Crippen LogP contribution >= 0.6 is 11.3 Å². The number of halogens is 1. The smallest absolute Gasteiger partial charge is 0.238 e. The summed E-state index contributed by atoms with van der Waals surface area (Å²) < 4.78 is 13.5. The molecule has 21 heavy (non-hydrogen) atoms. The highest BCUT2D eigenvalue weighted by molar-refractivity contribution is 7.10. The van der Waals surface area contributed by atoms with E-state index in [-0.39, 0.29) is 11.6 Å². The van der Waals surface area contributed by atoms with Gasteiger partial charge in [0.25, 0.3) is 0 Å². The van der Waals surface area contributed by atoms with Crippen LogP contribution in [0.2, 0.25) is 0 Å². The lowest BCUT2D eigenvalue weighted by Crippen LogP contribution is -2.32. The Balaban J connectivity index is 1.63. The minimum Gasteiger partial charge on any atom is -0.322 e. The van der Waals surface area contributed by atoms with Crippen LogP contribution in [0.1, 0.15) is 23.8 Å². The Bertz CT molecular complexity index is 614. The Morgan fingerprint density at radius 3 is 2.95 bits per heavy atom. The number of carbonyl (C=O) groups excluding carboxylic acids is 1. The van der Waals surface area contributed by atoms with Crippen molar-refractivity contribution < 1.29 is 9.18 Å². The summed E-state index contributed by atoms with van der Waals surface area (Å²) in [6.45, 7) is 1.21. The van der Waals surface area contributed by atoms with Crippen molar-refractivity contribution in [2.75, 3.05) is 18.4 Å². The SMILES string of the molecule is O=C(CN1CCC[C@@H]1c1cccs1)Nc1ccccc1F. The summed E-state index contributed by atoms with van der Waals surface area (Å²) in [6, 6.07) is 10.7. The number of benzene rings is 1. The van der Waals surface area contributed by atoms with Crippen molar-refractivity contribution >= 4 is 22.9 Å². The Labute approximate surface area is 127 Å². The molecule has 0 radical (unpaired) electrons. The molecule has 0 saturated carbocycles. The number of para-hydroxylation sites is 1. The van der Waals surface area contributed by atoms with Gasteiger partial charge in [-0.25, -0.2) is 4.39 Å². The number of anilines is 1. The molecule has 1 saturated heterocycles. The van der Waals surface area contributed by atoms with Crippen molar-refractivity contribution in [3.05, 3.63) is 52.5 Å². The lowest BCUT2D eigenvalue weighted by molar-refractivity contribution is -0.117. The lowest BCUT2D eigenvalue weighted by atomic mass is 10.2. The van der Waals surface area contributed by atoms with Crippen LogP contribution < -0.4 is 5.32 Å². The highest BCUT2D eigenvalue weighted by Gasteiger charge is 2.28. The van der Waals surface area contributed by atoms with E-state index >= 15 is 0 Å². The third kappa shape index (κ3) is 3.31. The molecule has 3 rings (SSSR count). The second-order valence-electron chi connectivity index (χ2n) is 5.17. The predicted molar refractivity (Wildman–Crippen MR) is 82.9 cm³/mol.